The summed E-state index contributed by atoms with van der Waals surface area (Å²) in [5, 5.41) is 5.38. The predicted octanol–water partition coefficient (Wildman–Crippen LogP) is 2.31. The van der Waals surface area contributed by atoms with E-state index in [1.165, 1.54) is 6.33 Å². The Labute approximate surface area is 141 Å². The summed E-state index contributed by atoms with van der Waals surface area (Å²) in [4.78, 5) is 20.4. The average Bonchev–Trinajstić information content (AvgIpc) is 2.86. The summed E-state index contributed by atoms with van der Waals surface area (Å²) in [7, 11) is 0. The van der Waals surface area contributed by atoms with Crippen molar-refractivity contribution >= 4 is 45.4 Å². The molecule has 0 spiro atoms. The van der Waals surface area contributed by atoms with Crippen LogP contribution in [0.5, 0.6) is 0 Å². The topological polar surface area (TPSA) is 95.9 Å². The first-order valence-electron chi connectivity index (χ1n) is 7.42. The molecule has 2 aromatic heterocycles. The Bertz CT molecular complexity index is 702. The Hall–Kier alpha value is -1.45. The number of halogens is 1. The third-order valence-corrected chi connectivity index (χ3v) is 4.84. The van der Waals surface area contributed by atoms with Crippen LogP contribution in [-0.2, 0) is 9.53 Å². The number of fused-ring (bicyclic) bond motifs is 1. The fraction of sp³-hybridized carbons (Fsp3) is 0.571. The largest absolute Gasteiger partial charge is 0.466 e. The van der Waals surface area contributed by atoms with Gasteiger partial charge in [-0.25, -0.2) is 14.6 Å². The summed E-state index contributed by atoms with van der Waals surface area (Å²) in [5.74, 6) is 0.278. The van der Waals surface area contributed by atoms with E-state index in [-0.39, 0.29) is 17.9 Å². The number of nitrogens with two attached hydrogens (primary N) is 1. The maximum Gasteiger partial charge on any atom is 0.308 e. The van der Waals surface area contributed by atoms with Gasteiger partial charge in [0.1, 0.15) is 15.8 Å². The van der Waals surface area contributed by atoms with Crippen molar-refractivity contribution in [3.63, 3.8) is 0 Å². The zero-order chi connectivity index (χ0) is 15.7. The van der Waals surface area contributed by atoms with Gasteiger partial charge in [0.05, 0.1) is 24.0 Å². The van der Waals surface area contributed by atoms with Gasteiger partial charge >= 0.3 is 5.97 Å². The summed E-state index contributed by atoms with van der Waals surface area (Å²) in [5.41, 5.74) is 6.67. The van der Waals surface area contributed by atoms with Gasteiger partial charge in [0.2, 0.25) is 0 Å². The van der Waals surface area contributed by atoms with Gasteiger partial charge in [0.15, 0.2) is 5.65 Å². The molecule has 7 nitrogen and oxygen atoms in total. The molecule has 0 aliphatic heterocycles. The molecule has 1 aliphatic rings. The number of esters is 1. The van der Waals surface area contributed by atoms with Crippen LogP contribution in [0.25, 0.3) is 11.0 Å². The lowest BCUT2D eigenvalue weighted by Gasteiger charge is -2.28. The standard InChI is InChI=1S/C14H18IN5O2/c1-2-22-14(21)8-4-3-5-9(6-8)20-13-10(11(15)19-20)12(16)17-7-18-13/h7-9H,2-6H2,1H3,(H2,16,17,18). The van der Waals surface area contributed by atoms with Crippen LogP contribution in [0.3, 0.4) is 0 Å². The monoisotopic (exact) mass is 415 g/mol. The van der Waals surface area contributed by atoms with Crippen LogP contribution in [0.15, 0.2) is 6.33 Å². The van der Waals surface area contributed by atoms with Gasteiger partial charge in [-0.2, -0.15) is 5.10 Å². The van der Waals surface area contributed by atoms with E-state index in [1.807, 2.05) is 11.6 Å². The Morgan fingerprint density at radius 2 is 2.32 bits per heavy atom. The second kappa shape index (κ2) is 6.35. The quantitative estimate of drug-likeness (QED) is 0.611. The third kappa shape index (κ3) is 2.75. The van der Waals surface area contributed by atoms with Gasteiger partial charge in [-0.3, -0.25) is 4.79 Å². The zero-order valence-electron chi connectivity index (χ0n) is 12.3. The van der Waals surface area contributed by atoms with Crippen LogP contribution < -0.4 is 5.73 Å². The fourth-order valence-electron chi connectivity index (χ4n) is 3.07. The molecular formula is C14H18IN5O2. The van der Waals surface area contributed by atoms with E-state index in [0.29, 0.717) is 12.4 Å². The molecule has 2 heterocycles. The highest BCUT2D eigenvalue weighted by atomic mass is 127. The van der Waals surface area contributed by atoms with Crippen LogP contribution in [0, 0.1) is 9.62 Å². The van der Waals surface area contributed by atoms with Gasteiger partial charge in [0.25, 0.3) is 0 Å². The normalized spacial score (nSPS) is 21.9. The molecule has 118 valence electrons. The van der Waals surface area contributed by atoms with E-state index in [2.05, 4.69) is 37.7 Å². The molecule has 2 unspecified atom stereocenters. The second-order valence-electron chi connectivity index (χ2n) is 5.46. The lowest BCUT2D eigenvalue weighted by molar-refractivity contribution is -0.149. The first-order valence-corrected chi connectivity index (χ1v) is 8.50. The second-order valence-corrected chi connectivity index (χ2v) is 6.48. The Morgan fingerprint density at radius 3 is 3.09 bits per heavy atom. The van der Waals surface area contributed by atoms with E-state index in [1.54, 1.807) is 0 Å². The minimum Gasteiger partial charge on any atom is -0.466 e. The Balaban J connectivity index is 1.91. The average molecular weight is 415 g/mol. The molecule has 2 atom stereocenters. The van der Waals surface area contributed by atoms with Gasteiger partial charge < -0.3 is 10.5 Å². The molecule has 0 radical (unpaired) electrons. The van der Waals surface area contributed by atoms with Crippen molar-refractivity contribution in [1.82, 2.24) is 19.7 Å². The lowest BCUT2D eigenvalue weighted by Crippen LogP contribution is -2.27. The lowest BCUT2D eigenvalue weighted by atomic mass is 9.86. The predicted molar refractivity (Wildman–Crippen MR) is 90.1 cm³/mol. The summed E-state index contributed by atoms with van der Waals surface area (Å²) in [6.45, 7) is 2.26. The Kier molecular flexibility index (Phi) is 4.46. The minimum absolute atomic E-state index is 0.0604. The number of anilines is 1. The minimum atomic E-state index is -0.104. The van der Waals surface area contributed by atoms with Crippen LogP contribution in [0.1, 0.15) is 38.6 Å². The maximum atomic E-state index is 12.0. The van der Waals surface area contributed by atoms with Crippen molar-refractivity contribution in [3.8, 4) is 0 Å². The van der Waals surface area contributed by atoms with Crippen molar-refractivity contribution in [2.75, 3.05) is 12.3 Å². The number of aromatic nitrogens is 4. The smallest absolute Gasteiger partial charge is 0.308 e. The molecule has 0 amide bonds. The number of carbonyl (C=O) groups excluding carboxylic acids is 1. The first-order chi connectivity index (χ1) is 10.6. The van der Waals surface area contributed by atoms with Crippen LogP contribution in [0.2, 0.25) is 0 Å². The van der Waals surface area contributed by atoms with E-state index in [9.17, 15) is 4.79 Å². The number of ether oxygens (including phenoxy) is 1. The van der Waals surface area contributed by atoms with E-state index in [4.69, 9.17) is 10.5 Å². The highest BCUT2D eigenvalue weighted by Gasteiger charge is 2.31. The summed E-state index contributed by atoms with van der Waals surface area (Å²) < 4.78 is 7.86. The van der Waals surface area contributed by atoms with Crippen LogP contribution >= 0.6 is 22.6 Å². The van der Waals surface area contributed by atoms with Crippen molar-refractivity contribution in [3.05, 3.63) is 10.0 Å². The van der Waals surface area contributed by atoms with Crippen molar-refractivity contribution in [1.29, 1.82) is 0 Å². The van der Waals surface area contributed by atoms with Gasteiger partial charge in [-0.05, 0) is 48.8 Å². The van der Waals surface area contributed by atoms with Crippen molar-refractivity contribution in [2.24, 2.45) is 5.92 Å². The van der Waals surface area contributed by atoms with E-state index >= 15 is 0 Å². The number of nitrogen functional groups attached to an aromatic ring is 1. The molecule has 8 heteroatoms. The molecule has 0 aromatic carbocycles. The fourth-order valence-corrected chi connectivity index (χ4v) is 3.82. The highest BCUT2D eigenvalue weighted by Crippen LogP contribution is 2.35. The number of hydrogen-bond donors (Lipinski definition) is 1. The molecule has 22 heavy (non-hydrogen) atoms. The molecule has 3 rings (SSSR count). The number of hydrogen-bond acceptors (Lipinski definition) is 6. The van der Waals surface area contributed by atoms with Gasteiger partial charge in [-0.15, -0.1) is 0 Å². The summed E-state index contributed by atoms with van der Waals surface area (Å²) >= 11 is 2.15. The molecule has 1 aliphatic carbocycles. The van der Waals surface area contributed by atoms with Crippen molar-refractivity contribution < 1.29 is 9.53 Å². The number of carbonyl (C=O) groups is 1. The molecule has 1 saturated carbocycles. The molecular weight excluding hydrogens is 397 g/mol. The Morgan fingerprint density at radius 1 is 1.50 bits per heavy atom. The maximum absolute atomic E-state index is 12.0. The highest BCUT2D eigenvalue weighted by molar-refractivity contribution is 14.1. The molecule has 0 saturated heterocycles. The molecule has 2 N–H and O–H groups in total. The first kappa shape index (κ1) is 15.4. The molecule has 0 bridgehead atoms. The molecule has 1 fully saturated rings. The SMILES string of the molecule is CCOC(=O)C1CCCC(n2nc(I)c3c(N)ncnc32)C1. The number of rotatable bonds is 3. The zero-order valence-corrected chi connectivity index (χ0v) is 14.5. The van der Waals surface area contributed by atoms with Crippen LogP contribution in [-0.4, -0.2) is 32.3 Å². The van der Waals surface area contributed by atoms with Crippen molar-refractivity contribution in [2.45, 2.75) is 38.6 Å². The van der Waals surface area contributed by atoms with Crippen LogP contribution in [0.4, 0.5) is 5.82 Å². The molecule has 2 aromatic rings. The number of nitrogens with zero attached hydrogens (tertiary/aromatic N) is 4. The van der Waals surface area contributed by atoms with Gasteiger partial charge in [-0.1, -0.05) is 6.42 Å². The van der Waals surface area contributed by atoms with Gasteiger partial charge in [0, 0.05) is 0 Å². The summed E-state index contributed by atoms with van der Waals surface area (Å²) in [6.07, 6.45) is 5.02. The van der Waals surface area contributed by atoms with E-state index < -0.39 is 0 Å². The third-order valence-electron chi connectivity index (χ3n) is 4.09. The van der Waals surface area contributed by atoms with E-state index in [0.717, 1.165) is 40.4 Å². The summed E-state index contributed by atoms with van der Waals surface area (Å²) in [6, 6.07) is 0.142.